The van der Waals surface area contributed by atoms with Crippen LogP contribution < -0.4 is 14.8 Å². The van der Waals surface area contributed by atoms with Gasteiger partial charge < -0.3 is 14.8 Å². The number of nitrogens with one attached hydrogen (secondary N) is 1. The number of amides is 1. The number of nitrogens with zero attached hydrogens (tertiary/aromatic N) is 1. The van der Waals surface area contributed by atoms with Crippen LogP contribution in [0, 0.1) is 0 Å². The number of carbonyl (C=O) groups excluding carboxylic acids is 1. The number of rotatable bonds is 9. The van der Waals surface area contributed by atoms with E-state index in [9.17, 15) is 4.79 Å². The standard InChI is InChI=1S/C21H26N2O3S/c1-25-19-10-9-16(14-20(19)26-18-7-2-3-8-18)23-21(24)11-13-27-15-17-6-4-5-12-22-17/h4-6,9-10,12,14,18H,2-3,7-8,11,13,15H2,1H3,(H,23,24). The summed E-state index contributed by atoms with van der Waals surface area (Å²) in [6, 6.07) is 11.4. The van der Waals surface area contributed by atoms with Crippen LogP contribution in [0.4, 0.5) is 5.69 Å². The fourth-order valence-electron chi connectivity index (χ4n) is 3.08. The van der Waals surface area contributed by atoms with E-state index in [1.165, 1.54) is 12.8 Å². The first-order valence-electron chi connectivity index (χ1n) is 9.37. The third-order valence-electron chi connectivity index (χ3n) is 4.49. The van der Waals surface area contributed by atoms with Gasteiger partial charge in [0, 0.05) is 35.9 Å². The van der Waals surface area contributed by atoms with E-state index < -0.39 is 0 Å². The van der Waals surface area contributed by atoms with Crippen LogP contribution in [0.3, 0.4) is 0 Å². The van der Waals surface area contributed by atoms with Crippen LogP contribution in [0.25, 0.3) is 0 Å². The van der Waals surface area contributed by atoms with E-state index in [1.54, 1.807) is 25.1 Å². The van der Waals surface area contributed by atoms with Crippen molar-refractivity contribution in [3.63, 3.8) is 0 Å². The normalized spacial score (nSPS) is 14.1. The Bertz CT molecular complexity index is 733. The molecule has 27 heavy (non-hydrogen) atoms. The van der Waals surface area contributed by atoms with Crippen molar-refractivity contribution in [1.29, 1.82) is 0 Å². The van der Waals surface area contributed by atoms with E-state index in [0.29, 0.717) is 17.9 Å². The highest BCUT2D eigenvalue weighted by molar-refractivity contribution is 7.98. The van der Waals surface area contributed by atoms with Crippen molar-refractivity contribution in [3.05, 3.63) is 48.3 Å². The second-order valence-corrected chi connectivity index (χ2v) is 7.67. The van der Waals surface area contributed by atoms with E-state index in [-0.39, 0.29) is 12.0 Å². The number of pyridine rings is 1. The smallest absolute Gasteiger partial charge is 0.225 e. The Morgan fingerprint density at radius 2 is 2.07 bits per heavy atom. The fourth-order valence-corrected chi connectivity index (χ4v) is 3.93. The number of ether oxygens (including phenoxy) is 2. The Kier molecular flexibility index (Phi) is 7.39. The Balaban J connectivity index is 1.47. The zero-order valence-electron chi connectivity index (χ0n) is 15.6. The van der Waals surface area contributed by atoms with Crippen molar-refractivity contribution in [1.82, 2.24) is 4.98 Å². The number of thioether (sulfide) groups is 1. The van der Waals surface area contributed by atoms with Crippen LogP contribution in [0.5, 0.6) is 11.5 Å². The van der Waals surface area contributed by atoms with Crippen molar-refractivity contribution in [3.8, 4) is 11.5 Å². The first kappa shape index (κ1) is 19.5. The second-order valence-electron chi connectivity index (χ2n) is 6.56. The summed E-state index contributed by atoms with van der Waals surface area (Å²) in [5.41, 5.74) is 1.77. The number of benzene rings is 1. The van der Waals surface area contributed by atoms with Crippen LogP contribution in [0.1, 0.15) is 37.8 Å². The zero-order chi connectivity index (χ0) is 18.9. The number of hydrogen-bond donors (Lipinski definition) is 1. The van der Waals surface area contributed by atoms with Crippen LogP contribution in [-0.4, -0.2) is 29.9 Å². The number of aromatic nitrogens is 1. The van der Waals surface area contributed by atoms with Crippen molar-refractivity contribution in [2.45, 2.75) is 44.0 Å². The van der Waals surface area contributed by atoms with Gasteiger partial charge in [-0.05, 0) is 49.9 Å². The van der Waals surface area contributed by atoms with Gasteiger partial charge in [-0.25, -0.2) is 0 Å². The van der Waals surface area contributed by atoms with Gasteiger partial charge in [0.25, 0.3) is 0 Å². The Labute approximate surface area is 164 Å². The summed E-state index contributed by atoms with van der Waals surface area (Å²) in [7, 11) is 1.63. The zero-order valence-corrected chi connectivity index (χ0v) is 16.5. The molecular weight excluding hydrogens is 360 g/mol. The van der Waals surface area contributed by atoms with Crippen LogP contribution >= 0.6 is 11.8 Å². The maximum Gasteiger partial charge on any atom is 0.225 e. The minimum atomic E-state index is 0.000467. The molecule has 1 aliphatic carbocycles. The molecule has 2 aromatic rings. The molecule has 1 aromatic carbocycles. The molecule has 6 heteroatoms. The number of anilines is 1. The van der Waals surface area contributed by atoms with Gasteiger partial charge in [0.05, 0.1) is 18.9 Å². The highest BCUT2D eigenvalue weighted by Gasteiger charge is 2.19. The first-order chi connectivity index (χ1) is 13.2. The lowest BCUT2D eigenvalue weighted by Gasteiger charge is -2.17. The summed E-state index contributed by atoms with van der Waals surface area (Å²) < 4.78 is 11.5. The number of hydrogen-bond acceptors (Lipinski definition) is 5. The monoisotopic (exact) mass is 386 g/mol. The molecule has 144 valence electrons. The predicted octanol–water partition coefficient (Wildman–Crippen LogP) is 4.67. The lowest BCUT2D eigenvalue weighted by atomic mass is 10.2. The summed E-state index contributed by atoms with van der Waals surface area (Å²) in [4.78, 5) is 16.5. The molecule has 5 nitrogen and oxygen atoms in total. The van der Waals surface area contributed by atoms with E-state index in [4.69, 9.17) is 9.47 Å². The van der Waals surface area contributed by atoms with Gasteiger partial charge in [-0.15, -0.1) is 0 Å². The molecular formula is C21H26N2O3S. The topological polar surface area (TPSA) is 60.5 Å². The Morgan fingerprint density at radius 3 is 2.81 bits per heavy atom. The molecule has 0 spiro atoms. The molecule has 1 heterocycles. The minimum absolute atomic E-state index is 0.000467. The predicted molar refractivity (Wildman–Crippen MR) is 110 cm³/mol. The maximum absolute atomic E-state index is 12.2. The van der Waals surface area contributed by atoms with E-state index in [1.807, 2.05) is 36.4 Å². The van der Waals surface area contributed by atoms with Gasteiger partial charge in [0.15, 0.2) is 11.5 Å². The maximum atomic E-state index is 12.2. The van der Waals surface area contributed by atoms with Gasteiger partial charge in [-0.2, -0.15) is 11.8 Å². The molecule has 0 unspecified atom stereocenters. The number of methoxy groups -OCH3 is 1. The SMILES string of the molecule is COc1ccc(NC(=O)CCSCc2ccccn2)cc1OC1CCCC1. The van der Waals surface area contributed by atoms with Crippen LogP contribution in [0.15, 0.2) is 42.6 Å². The molecule has 0 radical (unpaired) electrons. The van der Waals surface area contributed by atoms with E-state index in [0.717, 1.165) is 35.7 Å². The van der Waals surface area contributed by atoms with Crippen molar-refractivity contribution >= 4 is 23.4 Å². The van der Waals surface area contributed by atoms with Gasteiger partial charge in [-0.1, -0.05) is 6.07 Å². The van der Waals surface area contributed by atoms with Gasteiger partial charge in [0.2, 0.25) is 5.91 Å². The Morgan fingerprint density at radius 1 is 1.22 bits per heavy atom. The summed E-state index contributed by atoms with van der Waals surface area (Å²) in [5.74, 6) is 2.97. The molecule has 1 fully saturated rings. The second kappa shape index (κ2) is 10.2. The molecule has 0 saturated heterocycles. The third-order valence-corrected chi connectivity index (χ3v) is 5.49. The van der Waals surface area contributed by atoms with Crippen LogP contribution in [-0.2, 0) is 10.5 Å². The highest BCUT2D eigenvalue weighted by Crippen LogP contribution is 2.34. The molecule has 0 aliphatic heterocycles. The first-order valence-corrected chi connectivity index (χ1v) is 10.5. The summed E-state index contributed by atoms with van der Waals surface area (Å²) in [6.45, 7) is 0. The lowest BCUT2D eigenvalue weighted by molar-refractivity contribution is -0.115. The fraction of sp³-hybridized carbons (Fsp3) is 0.429. The van der Waals surface area contributed by atoms with Crippen molar-refractivity contribution in [2.24, 2.45) is 0 Å². The average Bonchev–Trinajstić information content (AvgIpc) is 3.19. The summed E-state index contributed by atoms with van der Waals surface area (Å²) >= 11 is 1.71. The highest BCUT2D eigenvalue weighted by atomic mass is 32.2. The molecule has 3 rings (SSSR count). The molecule has 1 N–H and O–H groups in total. The molecule has 1 aromatic heterocycles. The molecule has 0 bridgehead atoms. The van der Waals surface area contributed by atoms with Gasteiger partial charge in [0.1, 0.15) is 0 Å². The minimum Gasteiger partial charge on any atom is -0.493 e. The van der Waals surface area contributed by atoms with Gasteiger partial charge in [-0.3, -0.25) is 9.78 Å². The van der Waals surface area contributed by atoms with E-state index >= 15 is 0 Å². The van der Waals surface area contributed by atoms with Crippen molar-refractivity contribution < 1.29 is 14.3 Å². The summed E-state index contributed by atoms with van der Waals surface area (Å²) in [5, 5.41) is 2.95. The molecule has 1 amide bonds. The number of carbonyl (C=O) groups is 1. The van der Waals surface area contributed by atoms with Gasteiger partial charge >= 0.3 is 0 Å². The largest absolute Gasteiger partial charge is 0.493 e. The van der Waals surface area contributed by atoms with Crippen molar-refractivity contribution in [2.75, 3.05) is 18.2 Å². The Hall–Kier alpha value is -2.21. The average molecular weight is 387 g/mol. The van der Waals surface area contributed by atoms with E-state index in [2.05, 4.69) is 10.3 Å². The third kappa shape index (κ3) is 6.17. The summed E-state index contributed by atoms with van der Waals surface area (Å²) in [6.07, 6.45) is 7.06. The van der Waals surface area contributed by atoms with Crippen LogP contribution in [0.2, 0.25) is 0 Å². The molecule has 1 aliphatic rings. The molecule has 0 atom stereocenters. The quantitative estimate of drug-likeness (QED) is 0.635. The lowest BCUT2D eigenvalue weighted by Crippen LogP contribution is -2.14. The molecule has 1 saturated carbocycles.